The van der Waals surface area contributed by atoms with Crippen molar-refractivity contribution < 1.29 is 14.3 Å². The Kier molecular flexibility index (Phi) is 6.64. The number of H-pyrrole nitrogens is 1. The number of anilines is 2. The Labute approximate surface area is 214 Å². The van der Waals surface area contributed by atoms with Crippen molar-refractivity contribution in [1.29, 1.82) is 0 Å². The van der Waals surface area contributed by atoms with Crippen molar-refractivity contribution in [2.24, 2.45) is 0 Å². The van der Waals surface area contributed by atoms with E-state index in [9.17, 15) is 9.90 Å². The molecule has 37 heavy (non-hydrogen) atoms. The average Bonchev–Trinajstić information content (AvgIpc) is 3.51. The largest absolute Gasteiger partial charge is 0.480 e. The fourth-order valence-corrected chi connectivity index (χ4v) is 4.53. The quantitative estimate of drug-likeness (QED) is 0.202. The summed E-state index contributed by atoms with van der Waals surface area (Å²) in [6.45, 7) is 6.46. The van der Waals surface area contributed by atoms with Gasteiger partial charge in [-0.25, -0.2) is 14.8 Å². The molecule has 8 nitrogen and oxygen atoms in total. The molecule has 0 fully saturated rings. The highest BCUT2D eigenvalue weighted by molar-refractivity contribution is 5.79. The highest BCUT2D eigenvalue weighted by Gasteiger charge is 2.20. The number of benzene rings is 3. The first-order valence-electron chi connectivity index (χ1n) is 12.2. The Morgan fingerprint density at radius 3 is 2.49 bits per heavy atom. The van der Waals surface area contributed by atoms with Gasteiger partial charge in [0.15, 0.2) is 0 Å². The van der Waals surface area contributed by atoms with E-state index in [2.05, 4.69) is 37.7 Å². The van der Waals surface area contributed by atoms with Crippen LogP contribution < -0.4 is 10.6 Å². The topological polar surface area (TPSA) is 116 Å². The Balaban J connectivity index is 1.23. The smallest absolute Gasteiger partial charge is 0.326 e. The number of rotatable bonds is 9. The van der Waals surface area contributed by atoms with Gasteiger partial charge in [0.1, 0.15) is 11.8 Å². The molecule has 0 aliphatic rings. The zero-order valence-corrected chi connectivity index (χ0v) is 21.0. The molecule has 3 aromatic carbocycles. The summed E-state index contributed by atoms with van der Waals surface area (Å²) < 4.78 is 5.92. The van der Waals surface area contributed by atoms with Crippen LogP contribution in [0, 0.1) is 20.8 Å². The van der Waals surface area contributed by atoms with Gasteiger partial charge in [0.05, 0.1) is 23.8 Å². The number of carboxylic acids is 1. The molecule has 2 heterocycles. The molecule has 4 N–H and O–H groups in total. The molecule has 0 aliphatic carbocycles. The van der Waals surface area contributed by atoms with Crippen LogP contribution in [0.4, 0.5) is 11.6 Å². The first kappa shape index (κ1) is 24.1. The zero-order chi connectivity index (χ0) is 25.9. The fourth-order valence-electron chi connectivity index (χ4n) is 4.53. The van der Waals surface area contributed by atoms with E-state index in [0.717, 1.165) is 44.5 Å². The Morgan fingerprint density at radius 1 is 1.05 bits per heavy atom. The van der Waals surface area contributed by atoms with Crippen LogP contribution in [0.2, 0.25) is 0 Å². The van der Waals surface area contributed by atoms with E-state index in [1.54, 1.807) is 6.20 Å². The van der Waals surface area contributed by atoms with E-state index in [1.165, 1.54) is 0 Å². The molecule has 0 aliphatic heterocycles. The van der Waals surface area contributed by atoms with Gasteiger partial charge in [0.25, 0.3) is 0 Å². The third kappa shape index (κ3) is 5.48. The summed E-state index contributed by atoms with van der Waals surface area (Å²) in [5, 5.41) is 16.3. The van der Waals surface area contributed by atoms with Crippen LogP contribution in [0.25, 0.3) is 22.5 Å². The van der Waals surface area contributed by atoms with Crippen molar-refractivity contribution in [2.75, 3.05) is 10.6 Å². The van der Waals surface area contributed by atoms with Gasteiger partial charge in [-0.05, 0) is 61.7 Å². The average molecular weight is 496 g/mol. The van der Waals surface area contributed by atoms with Crippen molar-refractivity contribution in [3.8, 4) is 11.5 Å². The standard InChI is InChI=1S/C29H29N5O3/c1-17-12-18(2)26(19(3)13-17)32-25(28(35)36)14-20-8-10-21(11-9-20)27-30-15-22(37-27)16-31-29-33-23-6-4-5-7-24(23)34-29/h4-13,15,25,32H,14,16H2,1-3H3,(H,35,36)(H2,31,33,34). The molecule has 0 bridgehead atoms. The fraction of sp³-hybridized carbons (Fsp3) is 0.207. The first-order valence-corrected chi connectivity index (χ1v) is 12.2. The van der Waals surface area contributed by atoms with Crippen molar-refractivity contribution in [1.82, 2.24) is 15.0 Å². The summed E-state index contributed by atoms with van der Waals surface area (Å²) in [6.07, 6.45) is 2.04. The number of hydrogen-bond donors (Lipinski definition) is 4. The predicted molar refractivity (Wildman–Crippen MR) is 145 cm³/mol. The number of para-hydroxylation sites is 2. The molecule has 5 aromatic rings. The molecule has 2 aromatic heterocycles. The van der Waals surface area contributed by atoms with E-state index in [0.29, 0.717) is 30.6 Å². The molecule has 1 atom stereocenters. The lowest BCUT2D eigenvalue weighted by atomic mass is 10.0. The van der Waals surface area contributed by atoms with Crippen molar-refractivity contribution in [2.45, 2.75) is 39.8 Å². The normalized spacial score (nSPS) is 12.0. The second kappa shape index (κ2) is 10.2. The number of aromatic nitrogens is 3. The molecule has 0 saturated heterocycles. The second-order valence-electron chi connectivity index (χ2n) is 9.30. The number of nitrogens with zero attached hydrogens (tertiary/aromatic N) is 2. The molecular formula is C29H29N5O3. The van der Waals surface area contributed by atoms with E-state index >= 15 is 0 Å². The third-order valence-electron chi connectivity index (χ3n) is 6.31. The number of aryl methyl sites for hydroxylation is 3. The van der Waals surface area contributed by atoms with Crippen LogP contribution in [-0.4, -0.2) is 32.1 Å². The number of aliphatic carboxylic acids is 1. The van der Waals surface area contributed by atoms with Crippen LogP contribution in [-0.2, 0) is 17.8 Å². The van der Waals surface area contributed by atoms with Crippen molar-refractivity contribution >= 4 is 28.6 Å². The van der Waals surface area contributed by atoms with Gasteiger partial charge in [-0.3, -0.25) is 0 Å². The number of carbonyl (C=O) groups is 1. The summed E-state index contributed by atoms with van der Waals surface area (Å²) >= 11 is 0. The number of oxazole rings is 1. The molecule has 8 heteroatoms. The highest BCUT2D eigenvalue weighted by Crippen LogP contribution is 2.25. The number of aromatic amines is 1. The Hall–Kier alpha value is -4.59. The minimum Gasteiger partial charge on any atom is -0.480 e. The zero-order valence-electron chi connectivity index (χ0n) is 21.0. The molecule has 0 amide bonds. The van der Waals surface area contributed by atoms with Crippen LogP contribution in [0.5, 0.6) is 0 Å². The molecule has 5 rings (SSSR count). The molecule has 188 valence electrons. The van der Waals surface area contributed by atoms with Gasteiger partial charge in [-0.2, -0.15) is 0 Å². The van der Waals surface area contributed by atoms with Crippen LogP contribution >= 0.6 is 0 Å². The number of nitrogens with one attached hydrogen (secondary N) is 3. The van der Waals surface area contributed by atoms with Crippen molar-refractivity contribution in [3.05, 3.63) is 94.9 Å². The lowest BCUT2D eigenvalue weighted by molar-refractivity contribution is -0.137. The predicted octanol–water partition coefficient (Wildman–Crippen LogP) is 5.86. The lowest BCUT2D eigenvalue weighted by Gasteiger charge is -2.20. The maximum atomic E-state index is 12.0. The van der Waals surface area contributed by atoms with Gasteiger partial charge < -0.3 is 25.1 Å². The SMILES string of the molecule is Cc1cc(C)c(NC(Cc2ccc(-c3ncc(CNc4nc5ccccc5[nH]4)o3)cc2)C(=O)O)c(C)c1. The molecular weight excluding hydrogens is 466 g/mol. The van der Waals surface area contributed by atoms with Gasteiger partial charge in [0, 0.05) is 17.7 Å². The summed E-state index contributed by atoms with van der Waals surface area (Å²) in [4.78, 5) is 24.1. The Morgan fingerprint density at radius 2 is 1.78 bits per heavy atom. The van der Waals surface area contributed by atoms with Gasteiger partial charge in [-0.15, -0.1) is 0 Å². The maximum absolute atomic E-state index is 12.0. The minimum atomic E-state index is -0.891. The monoisotopic (exact) mass is 495 g/mol. The van der Waals surface area contributed by atoms with E-state index in [1.807, 2.05) is 69.3 Å². The second-order valence-corrected chi connectivity index (χ2v) is 9.30. The van der Waals surface area contributed by atoms with E-state index in [4.69, 9.17) is 4.42 Å². The number of hydrogen-bond acceptors (Lipinski definition) is 6. The van der Waals surface area contributed by atoms with Gasteiger partial charge in [0.2, 0.25) is 11.8 Å². The van der Waals surface area contributed by atoms with E-state index < -0.39 is 12.0 Å². The molecule has 0 saturated carbocycles. The summed E-state index contributed by atoms with van der Waals surface area (Å²) in [5.74, 6) is 0.962. The third-order valence-corrected chi connectivity index (χ3v) is 6.31. The molecule has 0 radical (unpaired) electrons. The van der Waals surface area contributed by atoms with Crippen LogP contribution in [0.1, 0.15) is 28.0 Å². The van der Waals surface area contributed by atoms with Gasteiger partial charge in [-0.1, -0.05) is 42.0 Å². The Bertz CT molecular complexity index is 1500. The maximum Gasteiger partial charge on any atom is 0.326 e. The van der Waals surface area contributed by atoms with Crippen LogP contribution in [0.3, 0.4) is 0 Å². The number of fused-ring (bicyclic) bond motifs is 1. The summed E-state index contributed by atoms with van der Waals surface area (Å²) in [5.41, 5.74) is 7.69. The highest BCUT2D eigenvalue weighted by atomic mass is 16.4. The summed E-state index contributed by atoms with van der Waals surface area (Å²) in [6, 6.07) is 18.8. The minimum absolute atomic E-state index is 0.348. The van der Waals surface area contributed by atoms with Crippen LogP contribution in [0.15, 0.2) is 71.3 Å². The van der Waals surface area contributed by atoms with E-state index in [-0.39, 0.29) is 0 Å². The first-order chi connectivity index (χ1) is 17.9. The molecule has 0 spiro atoms. The lowest BCUT2D eigenvalue weighted by Crippen LogP contribution is -2.32. The van der Waals surface area contributed by atoms with Gasteiger partial charge >= 0.3 is 5.97 Å². The summed E-state index contributed by atoms with van der Waals surface area (Å²) in [7, 11) is 0. The number of imidazole rings is 1. The van der Waals surface area contributed by atoms with Crippen molar-refractivity contribution in [3.63, 3.8) is 0 Å². The molecule has 1 unspecified atom stereocenters. The number of carboxylic acid groups (broad SMARTS) is 1.